The number of terminal acetylenes is 1. The summed E-state index contributed by atoms with van der Waals surface area (Å²) >= 11 is 6.14. The predicted octanol–water partition coefficient (Wildman–Crippen LogP) is 4.31. The molecule has 0 atom stereocenters. The lowest BCUT2D eigenvalue weighted by atomic mass is 9.90. The maximum Gasteiger partial charge on any atom is 0.343 e. The molecule has 0 N–H and O–H groups in total. The highest BCUT2D eigenvalue weighted by Gasteiger charge is 2.31. The van der Waals surface area contributed by atoms with Gasteiger partial charge in [-0.2, -0.15) is 0 Å². The Kier molecular flexibility index (Phi) is 9.64. The number of aromatic nitrogens is 1. The summed E-state index contributed by atoms with van der Waals surface area (Å²) in [5, 5.41) is -0.0921. The van der Waals surface area contributed by atoms with Crippen molar-refractivity contribution in [2.75, 3.05) is 25.2 Å². The average molecular weight is 529 g/mol. The molecule has 0 aliphatic heterocycles. The maximum absolute atomic E-state index is 15.3. The van der Waals surface area contributed by atoms with Gasteiger partial charge in [0, 0.05) is 29.6 Å². The number of rotatable bonds is 9. The van der Waals surface area contributed by atoms with E-state index < -0.39 is 30.3 Å². The fraction of sp³-hybridized carbons (Fsp3) is 0.333. The number of esters is 2. The van der Waals surface area contributed by atoms with Crippen LogP contribution in [0.1, 0.15) is 36.8 Å². The molecule has 1 aliphatic carbocycles. The minimum absolute atomic E-state index is 0.0181. The van der Waals surface area contributed by atoms with Gasteiger partial charge in [0.25, 0.3) is 5.91 Å². The molecule has 0 radical (unpaired) electrons. The highest BCUT2D eigenvalue weighted by atomic mass is 35.5. The summed E-state index contributed by atoms with van der Waals surface area (Å²) < 4.78 is 30.4. The predicted molar refractivity (Wildman–Crippen MR) is 134 cm³/mol. The van der Waals surface area contributed by atoms with Crippen molar-refractivity contribution in [1.82, 2.24) is 4.98 Å². The molecule has 194 valence electrons. The molecule has 10 heteroatoms. The van der Waals surface area contributed by atoms with Crippen molar-refractivity contribution < 1.29 is 33.0 Å². The molecule has 3 rings (SSSR count). The Balaban J connectivity index is 2.10. The van der Waals surface area contributed by atoms with Crippen molar-refractivity contribution in [3.63, 3.8) is 0 Å². The van der Waals surface area contributed by atoms with Gasteiger partial charge >= 0.3 is 11.9 Å². The van der Waals surface area contributed by atoms with Crippen LogP contribution in [0, 0.1) is 25.1 Å². The molecular formula is C27H26ClFN2O6. The van der Waals surface area contributed by atoms with Crippen LogP contribution < -0.4 is 9.64 Å². The second kappa shape index (κ2) is 12.9. The van der Waals surface area contributed by atoms with Gasteiger partial charge in [-0.15, -0.1) is 6.42 Å². The first-order valence-corrected chi connectivity index (χ1v) is 11.9. The van der Waals surface area contributed by atoms with Gasteiger partial charge < -0.3 is 19.1 Å². The number of anilines is 1. The molecule has 1 aliphatic rings. The number of ether oxygens (including phenoxy) is 3. The lowest BCUT2D eigenvalue weighted by Gasteiger charge is -2.28. The fourth-order valence-electron chi connectivity index (χ4n) is 3.85. The Morgan fingerprint density at radius 3 is 2.62 bits per heavy atom. The summed E-state index contributed by atoms with van der Waals surface area (Å²) in [6.07, 6.45) is 10.4. The Bertz CT molecular complexity index is 1270. The van der Waals surface area contributed by atoms with E-state index in [0.717, 1.165) is 11.6 Å². The first-order chi connectivity index (χ1) is 17.8. The van der Waals surface area contributed by atoms with E-state index in [1.807, 2.05) is 6.92 Å². The lowest BCUT2D eigenvalue weighted by Crippen LogP contribution is -2.35. The third-order valence-electron chi connectivity index (χ3n) is 5.85. The Morgan fingerprint density at radius 1 is 1.22 bits per heavy atom. The van der Waals surface area contributed by atoms with E-state index in [-0.39, 0.29) is 40.8 Å². The summed E-state index contributed by atoms with van der Waals surface area (Å²) in [5.41, 5.74) is 1.79. The molecule has 0 saturated carbocycles. The number of carbonyl (C=O) groups is 3. The van der Waals surface area contributed by atoms with Crippen molar-refractivity contribution in [2.45, 2.75) is 39.2 Å². The normalized spacial score (nSPS) is 12.9. The van der Waals surface area contributed by atoms with Crippen LogP contribution in [0.5, 0.6) is 5.75 Å². The van der Waals surface area contributed by atoms with Crippen molar-refractivity contribution in [3.05, 3.63) is 63.7 Å². The number of hydrogen-bond acceptors (Lipinski definition) is 7. The lowest BCUT2D eigenvalue weighted by molar-refractivity contribution is -0.143. The Hall–Kier alpha value is -3.90. The van der Waals surface area contributed by atoms with Gasteiger partial charge in [0.15, 0.2) is 13.2 Å². The molecule has 1 amide bonds. The van der Waals surface area contributed by atoms with E-state index in [1.54, 1.807) is 18.5 Å². The summed E-state index contributed by atoms with van der Waals surface area (Å²) in [7, 11) is 1.20. The molecule has 0 saturated heterocycles. The zero-order valence-corrected chi connectivity index (χ0v) is 21.3. The fourth-order valence-corrected chi connectivity index (χ4v) is 4.06. The van der Waals surface area contributed by atoms with Gasteiger partial charge in [0.2, 0.25) is 0 Å². The zero-order chi connectivity index (χ0) is 26.9. The van der Waals surface area contributed by atoms with Crippen LogP contribution in [0.3, 0.4) is 0 Å². The minimum Gasteiger partial charge on any atom is -0.480 e. The van der Waals surface area contributed by atoms with Crippen LogP contribution in [0.4, 0.5) is 10.1 Å². The van der Waals surface area contributed by atoms with E-state index >= 15 is 4.39 Å². The molecule has 2 aromatic rings. The van der Waals surface area contributed by atoms with Gasteiger partial charge in [-0.25, -0.2) is 14.0 Å². The zero-order valence-electron chi connectivity index (χ0n) is 20.5. The van der Waals surface area contributed by atoms with Gasteiger partial charge in [-0.05, 0) is 55.9 Å². The van der Waals surface area contributed by atoms with Crippen molar-refractivity contribution in [3.8, 4) is 18.1 Å². The smallest absolute Gasteiger partial charge is 0.343 e. The first kappa shape index (κ1) is 27.7. The van der Waals surface area contributed by atoms with Crippen LogP contribution in [-0.2, 0) is 30.4 Å². The molecule has 1 aromatic carbocycles. The highest BCUT2D eigenvalue weighted by molar-refractivity contribution is 6.32. The van der Waals surface area contributed by atoms with Gasteiger partial charge in [-0.1, -0.05) is 17.5 Å². The number of halogens is 2. The maximum atomic E-state index is 15.3. The monoisotopic (exact) mass is 528 g/mol. The average Bonchev–Trinajstić information content (AvgIpc) is 2.90. The van der Waals surface area contributed by atoms with Crippen LogP contribution in [-0.4, -0.2) is 43.2 Å². The second-order valence-corrected chi connectivity index (χ2v) is 8.64. The number of nitrogens with zero attached hydrogens (tertiary/aromatic N) is 2. The number of methoxy groups -OCH3 is 1. The summed E-state index contributed by atoms with van der Waals surface area (Å²) in [6.45, 7) is 1.09. The number of carbonyl (C=O) groups excluding carboxylic acids is 3. The summed E-state index contributed by atoms with van der Waals surface area (Å²) in [5.74, 6) is -0.482. The number of aryl methyl sites for hydroxylation is 1. The number of amides is 1. The minimum atomic E-state index is -0.793. The van der Waals surface area contributed by atoms with Gasteiger partial charge in [0.1, 0.15) is 11.6 Å². The summed E-state index contributed by atoms with van der Waals surface area (Å²) in [6, 6.07) is 4.00. The second-order valence-electron chi connectivity index (χ2n) is 8.24. The van der Waals surface area contributed by atoms with Gasteiger partial charge in [-0.3, -0.25) is 9.78 Å². The van der Waals surface area contributed by atoms with E-state index in [4.69, 9.17) is 27.5 Å². The quantitative estimate of drug-likeness (QED) is 0.353. The number of hydrogen-bond donors (Lipinski definition) is 0. The van der Waals surface area contributed by atoms with Crippen LogP contribution >= 0.6 is 11.6 Å². The van der Waals surface area contributed by atoms with Crippen molar-refractivity contribution in [1.29, 1.82) is 0 Å². The molecule has 0 fully saturated rings. The first-order valence-electron chi connectivity index (χ1n) is 11.5. The number of benzene rings is 1. The molecule has 0 spiro atoms. The van der Waals surface area contributed by atoms with E-state index in [2.05, 4.69) is 15.6 Å². The molecule has 8 nitrogen and oxygen atoms in total. The number of pyridine rings is 1. The van der Waals surface area contributed by atoms with Crippen molar-refractivity contribution >= 4 is 35.1 Å². The molecular weight excluding hydrogens is 503 g/mol. The van der Waals surface area contributed by atoms with Crippen LogP contribution in [0.25, 0.3) is 0 Å². The molecule has 37 heavy (non-hydrogen) atoms. The Labute approximate surface area is 219 Å². The van der Waals surface area contributed by atoms with E-state index in [1.165, 1.54) is 18.1 Å². The van der Waals surface area contributed by atoms with Crippen LogP contribution in [0.2, 0.25) is 5.02 Å². The Morgan fingerprint density at radius 2 is 1.95 bits per heavy atom. The third kappa shape index (κ3) is 6.86. The molecule has 1 aromatic heterocycles. The summed E-state index contributed by atoms with van der Waals surface area (Å²) in [4.78, 5) is 43.5. The SMILES string of the molecule is C#CCOC(=O)C1=C(C(=O)N(Cc2cnccc2C)c2cc(OCC(=O)OC)c(Cl)cc2F)CCCC1. The largest absolute Gasteiger partial charge is 0.480 e. The van der Waals surface area contributed by atoms with E-state index in [9.17, 15) is 14.4 Å². The topological polar surface area (TPSA) is 95.0 Å². The van der Waals surface area contributed by atoms with Crippen LogP contribution in [0.15, 0.2) is 41.7 Å². The molecule has 0 bridgehead atoms. The molecule has 1 heterocycles. The standard InChI is InChI=1S/C27H26ClFN2O6/c1-4-11-36-27(34)20-8-6-5-7-19(20)26(33)31(15-18-14-30-10-9-17(18)2)23-13-24(21(28)12-22(23)29)37-16-25(32)35-3/h1,9-10,12-14H,5-8,11,15-16H2,2-3H3. The highest BCUT2D eigenvalue weighted by Crippen LogP contribution is 2.36. The van der Waals surface area contributed by atoms with Crippen molar-refractivity contribution in [2.24, 2.45) is 0 Å². The van der Waals surface area contributed by atoms with Gasteiger partial charge in [0.05, 0.1) is 24.4 Å². The third-order valence-corrected chi connectivity index (χ3v) is 6.14. The molecule has 0 unspecified atom stereocenters. The van der Waals surface area contributed by atoms with E-state index in [0.29, 0.717) is 31.2 Å².